The van der Waals surface area contributed by atoms with Crippen LogP contribution in [0.3, 0.4) is 0 Å². The number of ether oxygens (including phenoxy) is 1. The molecule has 3 fully saturated rings. The largest absolute Gasteiger partial charge is 0.462 e. The van der Waals surface area contributed by atoms with Gasteiger partial charge in [0.25, 0.3) is 5.91 Å². The fourth-order valence-electron chi connectivity index (χ4n) is 4.24. The molecule has 0 aromatic heterocycles. The molecule has 1 aromatic rings. The number of carbonyl (C=O) groups is 3. The molecule has 6 nitrogen and oxygen atoms in total. The van der Waals surface area contributed by atoms with Crippen LogP contribution in [-0.4, -0.2) is 23.9 Å². The molecule has 1 aromatic carbocycles. The number of amides is 2. The minimum Gasteiger partial charge on any atom is -0.462 e. The Labute approximate surface area is 137 Å². The van der Waals surface area contributed by atoms with Crippen LogP contribution in [-0.2, 0) is 14.3 Å². The van der Waals surface area contributed by atoms with Crippen molar-refractivity contribution < 1.29 is 19.1 Å². The van der Waals surface area contributed by atoms with Gasteiger partial charge in [0.05, 0.1) is 11.8 Å². The zero-order chi connectivity index (χ0) is 16.1. The van der Waals surface area contributed by atoms with Crippen molar-refractivity contribution in [3.05, 3.63) is 34.9 Å². The van der Waals surface area contributed by atoms with Gasteiger partial charge in [0.2, 0.25) is 5.91 Å². The third-order valence-corrected chi connectivity index (χ3v) is 5.44. The molecule has 0 unspecified atom stereocenters. The lowest BCUT2D eigenvalue weighted by molar-refractivity contribution is -0.146. The summed E-state index contributed by atoms with van der Waals surface area (Å²) in [5.41, 5.74) is 5.23. The Bertz CT molecular complexity index is 688. The molecule has 1 aliphatic heterocycles. The van der Waals surface area contributed by atoms with Gasteiger partial charge in [-0.25, -0.2) is 0 Å². The highest BCUT2D eigenvalue weighted by molar-refractivity contribution is 6.30. The number of esters is 1. The van der Waals surface area contributed by atoms with Crippen LogP contribution in [0.5, 0.6) is 0 Å². The number of fused-ring (bicyclic) bond motifs is 1. The lowest BCUT2D eigenvalue weighted by Crippen LogP contribution is -2.48. The molecule has 7 heteroatoms. The monoisotopic (exact) mass is 334 g/mol. The predicted octanol–water partition coefficient (Wildman–Crippen LogP) is 1.30. The molecule has 1 heterocycles. The highest BCUT2D eigenvalue weighted by atomic mass is 35.5. The molecule has 120 valence electrons. The molecule has 23 heavy (non-hydrogen) atoms. The number of benzene rings is 1. The van der Waals surface area contributed by atoms with Crippen molar-refractivity contribution in [2.45, 2.75) is 18.9 Å². The maximum atomic E-state index is 12.4. The molecular formula is C16H15ClN2O4. The zero-order valence-electron chi connectivity index (χ0n) is 12.1. The number of halogens is 1. The number of hydrogen-bond donors (Lipinski definition) is 2. The highest BCUT2D eigenvalue weighted by Crippen LogP contribution is 2.57. The summed E-state index contributed by atoms with van der Waals surface area (Å²) in [4.78, 5) is 36.3. The molecule has 2 bridgehead atoms. The average Bonchev–Trinajstić information content (AvgIpc) is 3.14. The van der Waals surface area contributed by atoms with Crippen LogP contribution in [0.1, 0.15) is 23.2 Å². The fourth-order valence-corrected chi connectivity index (χ4v) is 4.36. The van der Waals surface area contributed by atoms with Gasteiger partial charge in [0, 0.05) is 16.5 Å². The van der Waals surface area contributed by atoms with Gasteiger partial charge in [-0.15, -0.1) is 0 Å². The van der Waals surface area contributed by atoms with Crippen molar-refractivity contribution in [2.75, 3.05) is 0 Å². The molecule has 1 saturated heterocycles. The molecule has 2 saturated carbocycles. The number of carbonyl (C=O) groups excluding carboxylic acids is 3. The van der Waals surface area contributed by atoms with Gasteiger partial charge in [-0.3, -0.25) is 25.2 Å². The van der Waals surface area contributed by atoms with E-state index < -0.39 is 11.8 Å². The summed E-state index contributed by atoms with van der Waals surface area (Å²) >= 11 is 5.77. The Morgan fingerprint density at radius 1 is 1.13 bits per heavy atom. The fraction of sp³-hybridized carbons (Fsp3) is 0.438. The summed E-state index contributed by atoms with van der Waals surface area (Å²) < 4.78 is 5.31. The van der Waals surface area contributed by atoms with Crippen LogP contribution < -0.4 is 10.9 Å². The Hall–Kier alpha value is -2.08. The molecule has 0 spiro atoms. The maximum absolute atomic E-state index is 12.4. The SMILES string of the molecule is O=C(NNC(=O)[C@H]1[C@@H]2C[C@@H]3[C@@H]1C(=O)O[C@@H]3C2)c1ccc(Cl)cc1. The Kier molecular flexibility index (Phi) is 3.30. The summed E-state index contributed by atoms with van der Waals surface area (Å²) in [7, 11) is 0. The van der Waals surface area contributed by atoms with E-state index in [0.29, 0.717) is 10.6 Å². The molecular weight excluding hydrogens is 320 g/mol. The summed E-state index contributed by atoms with van der Waals surface area (Å²) in [5, 5.41) is 0.530. The minimum absolute atomic E-state index is 0.00907. The van der Waals surface area contributed by atoms with E-state index in [4.69, 9.17) is 16.3 Å². The van der Waals surface area contributed by atoms with Crippen LogP contribution in [0.2, 0.25) is 5.02 Å². The summed E-state index contributed by atoms with van der Waals surface area (Å²) in [6.07, 6.45) is 1.59. The number of hydrazine groups is 1. The van der Waals surface area contributed by atoms with Crippen molar-refractivity contribution in [3.8, 4) is 0 Å². The van der Waals surface area contributed by atoms with E-state index in [9.17, 15) is 14.4 Å². The molecule has 3 aliphatic rings. The Morgan fingerprint density at radius 2 is 1.87 bits per heavy atom. The topological polar surface area (TPSA) is 84.5 Å². The van der Waals surface area contributed by atoms with Crippen molar-refractivity contribution in [2.24, 2.45) is 23.7 Å². The van der Waals surface area contributed by atoms with Gasteiger partial charge >= 0.3 is 5.97 Å². The van der Waals surface area contributed by atoms with Crippen molar-refractivity contribution in [1.82, 2.24) is 10.9 Å². The smallest absolute Gasteiger partial charge is 0.310 e. The third kappa shape index (κ3) is 2.28. The number of nitrogens with one attached hydrogen (secondary N) is 2. The van der Waals surface area contributed by atoms with Crippen LogP contribution in [0.4, 0.5) is 0 Å². The first-order valence-electron chi connectivity index (χ1n) is 7.61. The predicted molar refractivity (Wildman–Crippen MR) is 80.1 cm³/mol. The van der Waals surface area contributed by atoms with E-state index >= 15 is 0 Å². The molecule has 5 atom stereocenters. The van der Waals surface area contributed by atoms with E-state index in [-0.39, 0.29) is 35.7 Å². The maximum Gasteiger partial charge on any atom is 0.310 e. The normalized spacial score (nSPS) is 33.4. The van der Waals surface area contributed by atoms with Gasteiger partial charge in [-0.05, 0) is 43.0 Å². The Morgan fingerprint density at radius 3 is 2.61 bits per heavy atom. The number of rotatable bonds is 2. The second kappa shape index (κ2) is 5.23. The van der Waals surface area contributed by atoms with E-state index in [0.717, 1.165) is 12.8 Å². The number of hydrogen-bond acceptors (Lipinski definition) is 4. The second-order valence-corrected chi connectivity index (χ2v) is 6.81. The van der Waals surface area contributed by atoms with E-state index in [1.165, 1.54) is 0 Å². The zero-order valence-corrected chi connectivity index (χ0v) is 12.9. The minimum atomic E-state index is -0.426. The van der Waals surface area contributed by atoms with Gasteiger partial charge < -0.3 is 4.74 Å². The lowest BCUT2D eigenvalue weighted by atomic mass is 9.79. The first-order chi connectivity index (χ1) is 11.0. The standard InChI is InChI=1S/C16H15ClN2O4/c17-9-3-1-7(2-4-9)14(20)18-19-15(21)12-8-5-10-11(6-8)23-16(22)13(10)12/h1-4,8,10-13H,5-6H2,(H,18,20)(H,19,21)/t8-,10+,11-,12+,13+/m1/s1. The summed E-state index contributed by atoms with van der Waals surface area (Å²) in [5.74, 6) is -1.46. The highest BCUT2D eigenvalue weighted by Gasteiger charge is 2.63. The quantitative estimate of drug-likeness (QED) is 0.630. The summed E-state index contributed by atoms with van der Waals surface area (Å²) in [6, 6.07) is 6.34. The van der Waals surface area contributed by atoms with Crippen LogP contribution >= 0.6 is 11.6 Å². The molecule has 2 N–H and O–H groups in total. The first kappa shape index (κ1) is 14.5. The van der Waals surface area contributed by atoms with E-state index in [2.05, 4.69) is 10.9 Å². The van der Waals surface area contributed by atoms with E-state index in [1.807, 2.05) is 0 Å². The first-order valence-corrected chi connectivity index (χ1v) is 7.98. The molecule has 0 radical (unpaired) electrons. The van der Waals surface area contributed by atoms with Gasteiger partial charge in [0.1, 0.15) is 6.10 Å². The van der Waals surface area contributed by atoms with Crippen molar-refractivity contribution in [1.29, 1.82) is 0 Å². The van der Waals surface area contributed by atoms with Crippen LogP contribution in [0.15, 0.2) is 24.3 Å². The second-order valence-electron chi connectivity index (χ2n) is 6.37. The molecule has 4 rings (SSSR count). The van der Waals surface area contributed by atoms with Gasteiger partial charge in [-0.1, -0.05) is 11.6 Å². The molecule has 2 amide bonds. The Balaban J connectivity index is 1.40. The molecule has 2 aliphatic carbocycles. The summed E-state index contributed by atoms with van der Waals surface area (Å²) in [6.45, 7) is 0. The van der Waals surface area contributed by atoms with Crippen molar-refractivity contribution in [3.63, 3.8) is 0 Å². The van der Waals surface area contributed by atoms with Gasteiger partial charge in [-0.2, -0.15) is 0 Å². The van der Waals surface area contributed by atoms with Gasteiger partial charge in [0.15, 0.2) is 0 Å². The van der Waals surface area contributed by atoms with Crippen LogP contribution in [0.25, 0.3) is 0 Å². The van der Waals surface area contributed by atoms with Crippen molar-refractivity contribution >= 4 is 29.4 Å². The lowest BCUT2D eigenvalue weighted by Gasteiger charge is -2.23. The van der Waals surface area contributed by atoms with E-state index in [1.54, 1.807) is 24.3 Å². The third-order valence-electron chi connectivity index (χ3n) is 5.19. The van der Waals surface area contributed by atoms with Crippen LogP contribution in [0, 0.1) is 23.7 Å². The average molecular weight is 335 g/mol.